The van der Waals surface area contributed by atoms with Crippen LogP contribution in [0, 0.1) is 0 Å². The summed E-state index contributed by atoms with van der Waals surface area (Å²) in [6.45, 7) is 0. The normalized spacial score (nSPS) is 11.7. The Morgan fingerprint density at radius 3 is 2.43 bits per heavy atom. The van der Waals surface area contributed by atoms with Crippen molar-refractivity contribution in [3.63, 3.8) is 0 Å². The number of hydrogen-bond acceptors (Lipinski definition) is 2. The van der Waals surface area contributed by atoms with Crippen molar-refractivity contribution < 1.29 is 5.11 Å². The molecule has 0 aliphatic rings. The van der Waals surface area contributed by atoms with E-state index in [9.17, 15) is 5.11 Å². The van der Waals surface area contributed by atoms with Gasteiger partial charge in [0.1, 0.15) is 0 Å². The zero-order valence-electron chi connectivity index (χ0n) is 12.8. The van der Waals surface area contributed by atoms with E-state index in [-0.39, 0.29) is 5.88 Å². The molecular formula is C20H16N2O. The molecule has 112 valence electrons. The molecule has 0 unspecified atom stereocenters. The number of fused-ring (bicyclic) bond motifs is 2. The largest absolute Gasteiger partial charge is 0.494 e. The van der Waals surface area contributed by atoms with E-state index >= 15 is 0 Å². The average molecular weight is 300 g/mol. The van der Waals surface area contributed by atoms with Crippen LogP contribution in [0.2, 0.25) is 0 Å². The van der Waals surface area contributed by atoms with Crippen LogP contribution in [0.4, 0.5) is 5.69 Å². The van der Waals surface area contributed by atoms with Crippen LogP contribution in [-0.2, 0) is 7.05 Å². The van der Waals surface area contributed by atoms with Crippen molar-refractivity contribution in [3.05, 3.63) is 72.3 Å². The molecule has 0 saturated carbocycles. The highest BCUT2D eigenvalue weighted by molar-refractivity contribution is 6.04. The first-order valence-electron chi connectivity index (χ1n) is 7.54. The Hall–Kier alpha value is -3.07. The first-order valence-corrected chi connectivity index (χ1v) is 7.54. The van der Waals surface area contributed by atoms with E-state index < -0.39 is 0 Å². The van der Waals surface area contributed by atoms with Crippen LogP contribution in [0.3, 0.4) is 0 Å². The van der Waals surface area contributed by atoms with E-state index in [0.717, 1.165) is 32.9 Å². The molecule has 3 heteroatoms. The van der Waals surface area contributed by atoms with E-state index in [1.54, 1.807) is 10.8 Å². The summed E-state index contributed by atoms with van der Waals surface area (Å²) in [7, 11) is 1.85. The fourth-order valence-electron chi connectivity index (χ4n) is 2.99. The van der Waals surface area contributed by atoms with Gasteiger partial charge < -0.3 is 9.67 Å². The molecule has 0 aliphatic carbocycles. The van der Waals surface area contributed by atoms with Crippen molar-refractivity contribution in [2.75, 3.05) is 0 Å². The Balaban J connectivity index is 1.87. The van der Waals surface area contributed by atoms with Crippen LogP contribution in [-0.4, -0.2) is 15.9 Å². The Kier molecular flexibility index (Phi) is 3.12. The third kappa shape index (κ3) is 2.18. The van der Waals surface area contributed by atoms with Crippen LogP contribution in [0.15, 0.2) is 71.7 Å². The Labute approximate surface area is 134 Å². The zero-order chi connectivity index (χ0) is 15.8. The number of benzene rings is 3. The summed E-state index contributed by atoms with van der Waals surface area (Å²) in [6, 6.07) is 22.1. The molecule has 1 N–H and O–H groups in total. The maximum Gasteiger partial charge on any atom is 0.200 e. The predicted octanol–water partition coefficient (Wildman–Crippen LogP) is 4.79. The topological polar surface area (TPSA) is 37.5 Å². The summed E-state index contributed by atoms with van der Waals surface area (Å²) in [4.78, 5) is 4.63. The van der Waals surface area contributed by atoms with Crippen LogP contribution >= 0.6 is 0 Å². The lowest BCUT2D eigenvalue weighted by atomic mass is 10.1. The van der Waals surface area contributed by atoms with Gasteiger partial charge in [-0.2, -0.15) is 0 Å². The van der Waals surface area contributed by atoms with Gasteiger partial charge in [-0.3, -0.25) is 4.99 Å². The monoisotopic (exact) mass is 300 g/mol. The molecule has 0 saturated heterocycles. The van der Waals surface area contributed by atoms with E-state index in [1.807, 2.05) is 55.6 Å². The van der Waals surface area contributed by atoms with Crippen molar-refractivity contribution in [3.8, 4) is 5.88 Å². The molecule has 23 heavy (non-hydrogen) atoms. The maximum absolute atomic E-state index is 10.4. The Morgan fingerprint density at radius 2 is 1.57 bits per heavy atom. The Bertz CT molecular complexity index is 1040. The van der Waals surface area contributed by atoms with Gasteiger partial charge in [-0.1, -0.05) is 54.6 Å². The smallest absolute Gasteiger partial charge is 0.200 e. The number of aryl methyl sites for hydroxylation is 1. The second-order valence-electron chi connectivity index (χ2n) is 5.57. The SMILES string of the molecule is Cn1c(O)c(C=Nc2cccc3ccccc23)c2ccccc21. The van der Waals surface area contributed by atoms with E-state index in [1.165, 1.54) is 0 Å². The number of hydrogen-bond donors (Lipinski definition) is 1. The molecule has 4 rings (SSSR count). The first-order chi connectivity index (χ1) is 11.3. The first kappa shape index (κ1) is 13.6. The highest BCUT2D eigenvalue weighted by atomic mass is 16.3. The summed E-state index contributed by atoms with van der Waals surface area (Å²) in [5.74, 6) is 0.232. The molecule has 0 spiro atoms. The molecule has 3 nitrogen and oxygen atoms in total. The lowest BCUT2D eigenvalue weighted by Crippen LogP contribution is -1.86. The number of aliphatic imine (C=N–C) groups is 1. The van der Waals surface area contributed by atoms with Gasteiger partial charge in [0.05, 0.1) is 16.8 Å². The molecule has 0 radical (unpaired) electrons. The van der Waals surface area contributed by atoms with Gasteiger partial charge in [-0.05, 0) is 17.5 Å². The van der Waals surface area contributed by atoms with Gasteiger partial charge in [-0.25, -0.2) is 0 Å². The highest BCUT2D eigenvalue weighted by Gasteiger charge is 2.11. The molecule has 0 bridgehead atoms. The fraction of sp³-hybridized carbons (Fsp3) is 0.0500. The summed E-state index contributed by atoms with van der Waals surface area (Å²) < 4.78 is 1.78. The van der Waals surface area contributed by atoms with Crippen molar-refractivity contribution in [2.45, 2.75) is 0 Å². The maximum atomic E-state index is 10.4. The minimum absolute atomic E-state index is 0.232. The molecule has 3 aromatic carbocycles. The van der Waals surface area contributed by atoms with Gasteiger partial charge in [0.15, 0.2) is 0 Å². The quantitative estimate of drug-likeness (QED) is 0.531. The van der Waals surface area contributed by atoms with E-state index in [2.05, 4.69) is 23.2 Å². The standard InChI is InChI=1S/C20H16N2O/c1-22-19-12-5-4-10-16(19)17(20(22)23)13-21-18-11-6-8-14-7-2-3-9-15(14)18/h2-13,23H,1H3. The third-order valence-electron chi connectivity index (χ3n) is 4.21. The number of aromatic hydroxyl groups is 1. The second kappa shape index (κ2) is 5.29. The minimum atomic E-state index is 0.232. The number of nitrogens with zero attached hydrogens (tertiary/aromatic N) is 2. The molecule has 0 amide bonds. The number of para-hydroxylation sites is 1. The molecular weight excluding hydrogens is 284 g/mol. The average Bonchev–Trinajstić information content (AvgIpc) is 2.84. The summed E-state index contributed by atoms with van der Waals surface area (Å²) in [6.07, 6.45) is 1.75. The van der Waals surface area contributed by atoms with Gasteiger partial charge >= 0.3 is 0 Å². The molecule has 4 aromatic rings. The summed E-state index contributed by atoms with van der Waals surface area (Å²) in [5, 5.41) is 13.6. The molecule has 0 fully saturated rings. The van der Waals surface area contributed by atoms with Crippen LogP contribution in [0.1, 0.15) is 5.56 Å². The zero-order valence-corrected chi connectivity index (χ0v) is 12.8. The van der Waals surface area contributed by atoms with Crippen LogP contribution in [0.25, 0.3) is 21.7 Å². The molecule has 0 atom stereocenters. The van der Waals surface area contributed by atoms with Crippen LogP contribution < -0.4 is 0 Å². The minimum Gasteiger partial charge on any atom is -0.494 e. The molecule has 1 aromatic heterocycles. The number of rotatable bonds is 2. The molecule has 0 aliphatic heterocycles. The second-order valence-corrected chi connectivity index (χ2v) is 5.57. The Morgan fingerprint density at radius 1 is 0.870 bits per heavy atom. The highest BCUT2D eigenvalue weighted by Crippen LogP contribution is 2.30. The number of aromatic nitrogens is 1. The van der Waals surface area contributed by atoms with Crippen molar-refractivity contribution in [1.29, 1.82) is 0 Å². The fourth-order valence-corrected chi connectivity index (χ4v) is 2.99. The third-order valence-corrected chi connectivity index (χ3v) is 4.21. The predicted molar refractivity (Wildman–Crippen MR) is 95.8 cm³/mol. The van der Waals surface area contributed by atoms with Crippen molar-refractivity contribution >= 4 is 33.6 Å². The van der Waals surface area contributed by atoms with Crippen molar-refractivity contribution in [2.24, 2.45) is 12.0 Å². The van der Waals surface area contributed by atoms with Gasteiger partial charge in [0, 0.05) is 24.0 Å². The van der Waals surface area contributed by atoms with E-state index in [4.69, 9.17) is 0 Å². The summed E-state index contributed by atoms with van der Waals surface area (Å²) in [5.41, 5.74) is 2.64. The van der Waals surface area contributed by atoms with Gasteiger partial charge in [0.25, 0.3) is 0 Å². The van der Waals surface area contributed by atoms with E-state index in [0.29, 0.717) is 0 Å². The van der Waals surface area contributed by atoms with Gasteiger partial charge in [-0.15, -0.1) is 0 Å². The van der Waals surface area contributed by atoms with Crippen LogP contribution in [0.5, 0.6) is 5.88 Å². The molecule has 1 heterocycles. The lowest BCUT2D eigenvalue weighted by molar-refractivity contribution is 0.434. The lowest BCUT2D eigenvalue weighted by Gasteiger charge is -2.01. The summed E-state index contributed by atoms with van der Waals surface area (Å²) >= 11 is 0. The van der Waals surface area contributed by atoms with Gasteiger partial charge in [0.2, 0.25) is 5.88 Å². The van der Waals surface area contributed by atoms with Crippen molar-refractivity contribution in [1.82, 2.24) is 4.57 Å².